The zero-order chi connectivity index (χ0) is 18.7. The number of hydrogen-bond donors (Lipinski definition) is 1. The fourth-order valence-electron chi connectivity index (χ4n) is 2.88. The minimum atomic E-state index is -0.172. The molecule has 0 saturated heterocycles. The summed E-state index contributed by atoms with van der Waals surface area (Å²) in [5.74, 6) is 1.01. The van der Waals surface area contributed by atoms with Crippen molar-refractivity contribution in [3.63, 3.8) is 0 Å². The average Bonchev–Trinajstić information content (AvgIpc) is 2.99. The first kappa shape index (κ1) is 18.5. The lowest BCUT2D eigenvalue weighted by Gasteiger charge is -2.12. The highest BCUT2D eigenvalue weighted by atomic mass is 79.9. The average molecular weight is 416 g/mol. The number of halogens is 1. The van der Waals surface area contributed by atoms with Crippen LogP contribution in [0.25, 0.3) is 5.65 Å². The summed E-state index contributed by atoms with van der Waals surface area (Å²) in [6.07, 6.45) is 3.83. The van der Waals surface area contributed by atoms with E-state index in [9.17, 15) is 4.79 Å². The molecule has 2 aromatic heterocycles. The van der Waals surface area contributed by atoms with Crippen LogP contribution in [0, 0.1) is 6.92 Å². The van der Waals surface area contributed by atoms with Crippen molar-refractivity contribution in [2.24, 2.45) is 0 Å². The third-order valence-corrected chi connectivity index (χ3v) is 4.63. The molecule has 26 heavy (non-hydrogen) atoms. The summed E-state index contributed by atoms with van der Waals surface area (Å²) < 4.78 is 8.50. The predicted octanol–water partition coefficient (Wildman–Crippen LogP) is 4.22. The second-order valence-electron chi connectivity index (χ2n) is 6.58. The molecule has 0 aliphatic rings. The van der Waals surface area contributed by atoms with Gasteiger partial charge in [0.25, 0.3) is 5.91 Å². The van der Waals surface area contributed by atoms with Crippen molar-refractivity contribution in [3.8, 4) is 5.75 Å². The van der Waals surface area contributed by atoms with Crippen molar-refractivity contribution >= 4 is 27.5 Å². The number of nitrogens with zero attached hydrogens (tertiary/aromatic N) is 2. The number of amides is 1. The normalized spacial score (nSPS) is 11.1. The Hall–Kier alpha value is -2.34. The van der Waals surface area contributed by atoms with E-state index in [1.54, 1.807) is 0 Å². The summed E-state index contributed by atoms with van der Waals surface area (Å²) in [7, 11) is 0. The lowest BCUT2D eigenvalue weighted by molar-refractivity contribution is -0.123. The minimum Gasteiger partial charge on any atom is -0.484 e. The van der Waals surface area contributed by atoms with Gasteiger partial charge in [-0.2, -0.15) is 0 Å². The predicted molar refractivity (Wildman–Crippen MR) is 106 cm³/mol. The number of nitrogens with one attached hydrogen (secondary N) is 1. The molecule has 1 N–H and O–H groups in total. The highest BCUT2D eigenvalue weighted by molar-refractivity contribution is 9.10. The van der Waals surface area contributed by atoms with Crippen molar-refractivity contribution in [1.29, 1.82) is 0 Å². The van der Waals surface area contributed by atoms with Crippen molar-refractivity contribution in [2.75, 3.05) is 6.61 Å². The Morgan fingerprint density at radius 3 is 2.81 bits per heavy atom. The number of carbonyl (C=O) groups excluding carboxylic acids is 1. The number of carbonyl (C=O) groups is 1. The van der Waals surface area contributed by atoms with Crippen LogP contribution in [0.5, 0.6) is 5.75 Å². The molecule has 0 fully saturated rings. The molecule has 0 unspecified atom stereocenters. The Morgan fingerprint density at radius 2 is 2.08 bits per heavy atom. The quantitative estimate of drug-likeness (QED) is 0.655. The lowest BCUT2D eigenvalue weighted by atomic mass is 9.98. The van der Waals surface area contributed by atoms with Gasteiger partial charge in [0.1, 0.15) is 11.4 Å². The molecule has 0 spiro atoms. The number of imidazole rings is 1. The fraction of sp³-hybridized carbons (Fsp3) is 0.300. The number of hydrogen-bond acceptors (Lipinski definition) is 3. The van der Waals surface area contributed by atoms with E-state index in [0.29, 0.717) is 18.2 Å². The van der Waals surface area contributed by atoms with Gasteiger partial charge in [0, 0.05) is 16.9 Å². The Labute approximate surface area is 161 Å². The van der Waals surface area contributed by atoms with Gasteiger partial charge in [-0.25, -0.2) is 4.98 Å². The molecule has 2 heterocycles. The third kappa shape index (κ3) is 4.43. The maximum Gasteiger partial charge on any atom is 0.258 e. The van der Waals surface area contributed by atoms with Gasteiger partial charge >= 0.3 is 0 Å². The number of rotatable bonds is 6. The van der Waals surface area contributed by atoms with Gasteiger partial charge in [0.15, 0.2) is 6.61 Å². The second-order valence-corrected chi connectivity index (χ2v) is 7.50. The van der Waals surface area contributed by atoms with E-state index >= 15 is 0 Å². The first-order valence-electron chi connectivity index (χ1n) is 8.55. The van der Waals surface area contributed by atoms with E-state index in [1.165, 1.54) is 11.1 Å². The van der Waals surface area contributed by atoms with Crippen LogP contribution in [0.3, 0.4) is 0 Å². The van der Waals surface area contributed by atoms with E-state index < -0.39 is 0 Å². The van der Waals surface area contributed by atoms with Crippen LogP contribution in [0.15, 0.2) is 47.2 Å². The van der Waals surface area contributed by atoms with Gasteiger partial charge in [-0.15, -0.1) is 0 Å². The Kier molecular flexibility index (Phi) is 5.61. The number of pyridine rings is 1. The molecule has 3 aromatic rings. The summed E-state index contributed by atoms with van der Waals surface area (Å²) >= 11 is 3.43. The Morgan fingerprint density at radius 1 is 1.27 bits per heavy atom. The van der Waals surface area contributed by atoms with Crippen LogP contribution < -0.4 is 10.1 Å². The van der Waals surface area contributed by atoms with Gasteiger partial charge in [-0.1, -0.05) is 19.9 Å². The topological polar surface area (TPSA) is 55.6 Å². The lowest BCUT2D eigenvalue weighted by Crippen LogP contribution is -2.28. The van der Waals surface area contributed by atoms with Crippen LogP contribution >= 0.6 is 15.9 Å². The molecule has 3 rings (SSSR count). The van der Waals surface area contributed by atoms with Gasteiger partial charge < -0.3 is 14.5 Å². The SMILES string of the molecule is Cc1cc(OCC(=O)NCc2cn3cc(Br)ccc3n2)ccc1C(C)C. The molecule has 1 aromatic carbocycles. The van der Waals surface area contributed by atoms with Crippen molar-refractivity contribution in [2.45, 2.75) is 33.2 Å². The molecule has 1 amide bonds. The fourth-order valence-corrected chi connectivity index (χ4v) is 3.23. The molecule has 0 bridgehead atoms. The molecule has 0 radical (unpaired) electrons. The number of aryl methyl sites for hydroxylation is 1. The molecule has 0 aliphatic heterocycles. The number of benzene rings is 1. The van der Waals surface area contributed by atoms with Crippen molar-refractivity contribution in [3.05, 3.63) is 64.0 Å². The first-order chi connectivity index (χ1) is 12.4. The first-order valence-corrected chi connectivity index (χ1v) is 9.35. The number of aromatic nitrogens is 2. The zero-order valence-corrected chi connectivity index (χ0v) is 16.7. The van der Waals surface area contributed by atoms with Gasteiger partial charge in [0.2, 0.25) is 0 Å². The molecular weight excluding hydrogens is 394 g/mol. The second kappa shape index (κ2) is 7.91. The molecule has 6 heteroatoms. The van der Waals surface area contributed by atoms with Crippen molar-refractivity contribution < 1.29 is 9.53 Å². The van der Waals surface area contributed by atoms with E-state index in [0.717, 1.165) is 15.8 Å². The standard InChI is InChI=1S/C20H22BrN3O2/c1-13(2)18-6-5-17(8-14(18)3)26-12-20(25)22-9-16-11-24-10-15(21)4-7-19(24)23-16/h4-8,10-11,13H,9,12H2,1-3H3,(H,22,25). The highest BCUT2D eigenvalue weighted by Crippen LogP contribution is 2.23. The van der Waals surface area contributed by atoms with Crippen LogP contribution in [0.2, 0.25) is 0 Å². The third-order valence-electron chi connectivity index (χ3n) is 4.16. The monoisotopic (exact) mass is 415 g/mol. The van der Waals surface area contributed by atoms with Gasteiger partial charge in [0.05, 0.1) is 12.2 Å². The van der Waals surface area contributed by atoms with Crippen LogP contribution in [0.1, 0.15) is 36.6 Å². The molecule has 5 nitrogen and oxygen atoms in total. The minimum absolute atomic E-state index is 0.0145. The molecular formula is C20H22BrN3O2. The molecule has 0 saturated carbocycles. The Balaban J connectivity index is 1.53. The van der Waals surface area contributed by atoms with E-state index in [-0.39, 0.29) is 12.5 Å². The maximum atomic E-state index is 12.0. The summed E-state index contributed by atoms with van der Waals surface area (Å²) in [6.45, 7) is 6.74. The smallest absolute Gasteiger partial charge is 0.258 e. The molecule has 0 aliphatic carbocycles. The Bertz CT molecular complexity index is 934. The summed E-state index contributed by atoms with van der Waals surface area (Å²) in [5, 5.41) is 2.84. The van der Waals surface area contributed by atoms with Crippen LogP contribution in [-0.2, 0) is 11.3 Å². The largest absolute Gasteiger partial charge is 0.484 e. The van der Waals surface area contributed by atoms with Gasteiger partial charge in [-0.05, 0) is 64.2 Å². The number of ether oxygens (including phenoxy) is 1. The number of fused-ring (bicyclic) bond motifs is 1. The van der Waals surface area contributed by atoms with Crippen LogP contribution in [-0.4, -0.2) is 21.9 Å². The summed E-state index contributed by atoms with van der Waals surface area (Å²) in [5.41, 5.74) is 4.11. The summed E-state index contributed by atoms with van der Waals surface area (Å²) in [4.78, 5) is 16.5. The van der Waals surface area contributed by atoms with Crippen molar-refractivity contribution in [1.82, 2.24) is 14.7 Å². The molecule has 0 atom stereocenters. The zero-order valence-electron chi connectivity index (χ0n) is 15.1. The van der Waals surface area contributed by atoms with E-state index in [4.69, 9.17) is 4.74 Å². The molecule has 136 valence electrons. The van der Waals surface area contributed by atoms with Crippen LogP contribution in [0.4, 0.5) is 0 Å². The summed E-state index contributed by atoms with van der Waals surface area (Å²) in [6, 6.07) is 9.80. The highest BCUT2D eigenvalue weighted by Gasteiger charge is 2.08. The van der Waals surface area contributed by atoms with E-state index in [1.807, 2.05) is 41.1 Å². The van der Waals surface area contributed by atoms with E-state index in [2.05, 4.69) is 53.1 Å². The maximum absolute atomic E-state index is 12.0. The van der Waals surface area contributed by atoms with Gasteiger partial charge in [-0.3, -0.25) is 4.79 Å².